The van der Waals surface area contributed by atoms with E-state index in [-0.39, 0.29) is 18.5 Å². The lowest BCUT2D eigenvalue weighted by atomic mass is 10.2. The Morgan fingerprint density at radius 3 is 2.35 bits per heavy atom. The third-order valence-corrected chi connectivity index (χ3v) is 3.60. The first-order valence-corrected chi connectivity index (χ1v) is 6.93. The number of nitrogens with zero attached hydrogens (tertiary/aromatic N) is 1. The largest absolute Gasteiger partial charge is 0.480 e. The van der Waals surface area contributed by atoms with Crippen LogP contribution in [-0.4, -0.2) is 40.2 Å². The summed E-state index contributed by atoms with van der Waals surface area (Å²) < 4.78 is 24.4. The molecule has 1 aromatic carbocycles. The van der Waals surface area contributed by atoms with Crippen molar-refractivity contribution in [2.75, 3.05) is 6.54 Å². The number of thioether (sulfide) groups is 1. The maximum Gasteiger partial charge on any atom is 0.323 e. The molecule has 0 saturated heterocycles. The topological polar surface area (TPSA) is 57.6 Å². The molecule has 4 nitrogen and oxygen atoms in total. The van der Waals surface area contributed by atoms with Gasteiger partial charge in [-0.05, 0) is 37.1 Å². The zero-order valence-electron chi connectivity index (χ0n) is 10.5. The van der Waals surface area contributed by atoms with Gasteiger partial charge in [0, 0.05) is 16.5 Å². The first-order valence-electron chi connectivity index (χ1n) is 6.05. The quantitative estimate of drug-likeness (QED) is 0.821. The van der Waals surface area contributed by atoms with Gasteiger partial charge in [-0.1, -0.05) is 11.8 Å². The number of halogens is 2. The molecule has 0 heterocycles. The van der Waals surface area contributed by atoms with Crippen molar-refractivity contribution in [3.05, 3.63) is 29.8 Å². The third-order valence-electron chi connectivity index (χ3n) is 2.88. The molecule has 1 aliphatic carbocycles. The van der Waals surface area contributed by atoms with E-state index >= 15 is 0 Å². The number of benzene rings is 1. The third kappa shape index (κ3) is 3.93. The normalized spacial score (nSPS) is 14.3. The Morgan fingerprint density at radius 1 is 1.30 bits per heavy atom. The molecule has 0 unspecified atom stereocenters. The highest BCUT2D eigenvalue weighted by molar-refractivity contribution is 7.99. The van der Waals surface area contributed by atoms with Crippen LogP contribution in [0.5, 0.6) is 0 Å². The molecule has 1 amide bonds. The van der Waals surface area contributed by atoms with Crippen LogP contribution in [0.2, 0.25) is 0 Å². The molecule has 1 fully saturated rings. The predicted molar refractivity (Wildman–Crippen MR) is 70.0 cm³/mol. The van der Waals surface area contributed by atoms with Gasteiger partial charge in [-0.2, -0.15) is 8.78 Å². The first kappa shape index (κ1) is 14.8. The van der Waals surface area contributed by atoms with Crippen molar-refractivity contribution in [2.45, 2.75) is 29.5 Å². The lowest BCUT2D eigenvalue weighted by molar-refractivity contribution is -0.137. The smallest absolute Gasteiger partial charge is 0.323 e. The van der Waals surface area contributed by atoms with Gasteiger partial charge in [0.05, 0.1) is 0 Å². The molecule has 1 N–H and O–H groups in total. The van der Waals surface area contributed by atoms with E-state index in [1.54, 1.807) is 0 Å². The van der Waals surface area contributed by atoms with Crippen LogP contribution in [0.25, 0.3) is 0 Å². The maximum atomic E-state index is 12.2. The fourth-order valence-electron chi connectivity index (χ4n) is 1.84. The number of carboxylic acid groups (broad SMARTS) is 1. The molecular weight excluding hydrogens is 288 g/mol. The number of alkyl halides is 2. The van der Waals surface area contributed by atoms with Crippen LogP contribution in [0, 0.1) is 0 Å². The molecule has 2 rings (SSSR count). The average Bonchev–Trinajstić information content (AvgIpc) is 3.19. The Bertz CT molecular complexity index is 503. The van der Waals surface area contributed by atoms with Gasteiger partial charge in [0.2, 0.25) is 0 Å². The summed E-state index contributed by atoms with van der Waals surface area (Å²) in [5, 5.41) is 8.82. The summed E-state index contributed by atoms with van der Waals surface area (Å²) in [5.41, 5.74) is 0.316. The molecule has 0 radical (unpaired) electrons. The van der Waals surface area contributed by atoms with E-state index in [9.17, 15) is 18.4 Å². The summed E-state index contributed by atoms with van der Waals surface area (Å²) in [6, 6.07) is 5.76. The molecule has 0 bridgehead atoms. The van der Waals surface area contributed by atoms with Gasteiger partial charge < -0.3 is 10.0 Å². The van der Waals surface area contributed by atoms with Crippen molar-refractivity contribution >= 4 is 23.6 Å². The Hall–Kier alpha value is -1.63. The van der Waals surface area contributed by atoms with E-state index in [0.717, 1.165) is 12.8 Å². The SMILES string of the molecule is O=C(O)CN(C(=O)c1ccc(SC(F)F)cc1)C1CC1. The zero-order chi connectivity index (χ0) is 14.7. The van der Waals surface area contributed by atoms with Crippen molar-refractivity contribution in [1.29, 1.82) is 0 Å². The molecule has 1 saturated carbocycles. The molecular formula is C13H13F2NO3S. The van der Waals surface area contributed by atoms with Crippen LogP contribution in [0.4, 0.5) is 8.78 Å². The number of amides is 1. The summed E-state index contributed by atoms with van der Waals surface area (Å²) in [5.74, 6) is -3.94. The number of hydrogen-bond acceptors (Lipinski definition) is 3. The minimum atomic E-state index is -2.51. The summed E-state index contributed by atoms with van der Waals surface area (Å²) in [7, 11) is 0. The fraction of sp³-hybridized carbons (Fsp3) is 0.385. The van der Waals surface area contributed by atoms with E-state index < -0.39 is 11.7 Å². The number of carbonyl (C=O) groups excluding carboxylic acids is 1. The number of aliphatic carboxylic acids is 1. The second kappa shape index (κ2) is 6.21. The van der Waals surface area contributed by atoms with E-state index in [1.807, 2.05) is 0 Å². The highest BCUT2D eigenvalue weighted by atomic mass is 32.2. The van der Waals surface area contributed by atoms with Gasteiger partial charge in [-0.15, -0.1) is 0 Å². The molecule has 20 heavy (non-hydrogen) atoms. The Labute approximate surface area is 118 Å². The molecule has 0 aromatic heterocycles. The Kier molecular flexibility index (Phi) is 4.59. The van der Waals surface area contributed by atoms with Gasteiger partial charge >= 0.3 is 5.97 Å². The summed E-state index contributed by atoms with van der Waals surface area (Å²) in [6.07, 6.45) is 1.61. The molecule has 0 atom stereocenters. The average molecular weight is 301 g/mol. The standard InChI is InChI=1S/C13H13F2NO3S/c14-13(15)20-10-5-1-8(2-6-10)12(19)16(7-11(17)18)9-3-4-9/h1-2,5-6,9,13H,3-4,7H2,(H,17,18). The minimum absolute atomic E-state index is 0.0197. The predicted octanol–water partition coefficient (Wildman–Crippen LogP) is 2.69. The number of carbonyl (C=O) groups is 2. The van der Waals surface area contributed by atoms with E-state index in [1.165, 1.54) is 29.2 Å². The van der Waals surface area contributed by atoms with E-state index in [2.05, 4.69) is 0 Å². The minimum Gasteiger partial charge on any atom is -0.480 e. The highest BCUT2D eigenvalue weighted by Crippen LogP contribution is 2.29. The number of carboxylic acids is 1. The van der Waals surface area contributed by atoms with E-state index in [4.69, 9.17) is 5.11 Å². The van der Waals surface area contributed by atoms with Gasteiger partial charge in [0.1, 0.15) is 6.54 Å². The lowest BCUT2D eigenvalue weighted by Crippen LogP contribution is -2.37. The summed E-state index contributed by atoms with van der Waals surface area (Å²) in [4.78, 5) is 24.7. The Morgan fingerprint density at radius 2 is 1.90 bits per heavy atom. The van der Waals surface area contributed by atoms with Gasteiger partial charge in [-0.25, -0.2) is 0 Å². The number of hydrogen-bond donors (Lipinski definition) is 1. The highest BCUT2D eigenvalue weighted by Gasteiger charge is 2.34. The van der Waals surface area contributed by atoms with E-state index in [0.29, 0.717) is 22.2 Å². The maximum absolute atomic E-state index is 12.2. The molecule has 7 heteroatoms. The monoisotopic (exact) mass is 301 g/mol. The fourth-order valence-corrected chi connectivity index (χ4v) is 2.34. The second-order valence-electron chi connectivity index (χ2n) is 4.46. The van der Waals surface area contributed by atoms with Crippen LogP contribution in [0.1, 0.15) is 23.2 Å². The van der Waals surface area contributed by atoms with Crippen molar-refractivity contribution in [3.8, 4) is 0 Å². The first-order chi connectivity index (χ1) is 9.47. The van der Waals surface area contributed by atoms with Crippen molar-refractivity contribution < 1.29 is 23.5 Å². The summed E-state index contributed by atoms with van der Waals surface area (Å²) in [6.45, 7) is -0.336. The van der Waals surface area contributed by atoms with Crippen molar-refractivity contribution in [1.82, 2.24) is 4.90 Å². The van der Waals surface area contributed by atoms with Crippen LogP contribution >= 0.6 is 11.8 Å². The van der Waals surface area contributed by atoms with Crippen molar-refractivity contribution in [2.24, 2.45) is 0 Å². The van der Waals surface area contributed by atoms with Gasteiger partial charge in [0.15, 0.2) is 0 Å². The molecule has 1 aliphatic rings. The lowest BCUT2D eigenvalue weighted by Gasteiger charge is -2.20. The summed E-state index contributed by atoms with van der Waals surface area (Å²) >= 11 is 0.404. The molecule has 1 aromatic rings. The van der Waals surface area contributed by atoms with Crippen LogP contribution in [0.15, 0.2) is 29.2 Å². The second-order valence-corrected chi connectivity index (χ2v) is 5.52. The number of rotatable bonds is 6. The van der Waals surface area contributed by atoms with Gasteiger partial charge in [-0.3, -0.25) is 9.59 Å². The van der Waals surface area contributed by atoms with Gasteiger partial charge in [0.25, 0.3) is 11.7 Å². The zero-order valence-corrected chi connectivity index (χ0v) is 11.3. The van der Waals surface area contributed by atoms with Crippen LogP contribution < -0.4 is 0 Å². The molecule has 108 valence electrons. The van der Waals surface area contributed by atoms with Crippen molar-refractivity contribution in [3.63, 3.8) is 0 Å². The van der Waals surface area contributed by atoms with Crippen LogP contribution in [0.3, 0.4) is 0 Å². The Balaban J connectivity index is 2.08. The molecule has 0 spiro atoms. The molecule has 0 aliphatic heterocycles. The van der Waals surface area contributed by atoms with Crippen LogP contribution in [-0.2, 0) is 4.79 Å².